The van der Waals surface area contributed by atoms with Gasteiger partial charge in [-0.1, -0.05) is 25.0 Å². The second-order valence-electron chi connectivity index (χ2n) is 5.75. The van der Waals surface area contributed by atoms with E-state index in [0.717, 1.165) is 37.4 Å². The Kier molecular flexibility index (Phi) is 7.00. The molecule has 1 aliphatic rings. The van der Waals surface area contributed by atoms with E-state index in [1.165, 1.54) is 25.7 Å². The first-order valence-corrected chi connectivity index (χ1v) is 8.10. The molecule has 4 nitrogen and oxygen atoms in total. The molecule has 0 spiro atoms. The summed E-state index contributed by atoms with van der Waals surface area (Å²) in [6, 6.07) is 8.63. The molecule has 0 unspecified atom stereocenters. The van der Waals surface area contributed by atoms with Crippen LogP contribution < -0.4 is 10.5 Å². The molecule has 0 atom stereocenters. The molecule has 2 rings (SSSR count). The molecule has 1 aromatic carbocycles. The van der Waals surface area contributed by atoms with Crippen LogP contribution in [0.4, 0.5) is 0 Å². The fourth-order valence-electron chi connectivity index (χ4n) is 3.05. The summed E-state index contributed by atoms with van der Waals surface area (Å²) in [6.45, 7) is 3.33. The number of ether oxygens (including phenoxy) is 1. The minimum absolute atomic E-state index is 0.248. The summed E-state index contributed by atoms with van der Waals surface area (Å²) in [5, 5.41) is 9.20. The number of aliphatic hydroxyl groups is 1. The van der Waals surface area contributed by atoms with Crippen molar-refractivity contribution in [1.82, 2.24) is 4.90 Å². The lowest BCUT2D eigenvalue weighted by molar-refractivity contribution is 0.142. The van der Waals surface area contributed by atoms with Crippen LogP contribution in [0.2, 0.25) is 0 Å². The smallest absolute Gasteiger partial charge is 0.119 e. The molecule has 0 aromatic heterocycles. The Labute approximate surface area is 127 Å². The molecule has 4 heteroatoms. The van der Waals surface area contributed by atoms with Crippen LogP contribution in [0.5, 0.6) is 5.75 Å². The lowest BCUT2D eigenvalue weighted by atomic mass is 10.2. The fraction of sp³-hybridized carbons (Fsp3) is 0.647. The predicted molar refractivity (Wildman–Crippen MR) is 85.4 cm³/mol. The van der Waals surface area contributed by atoms with E-state index >= 15 is 0 Å². The number of hydrogen-bond acceptors (Lipinski definition) is 4. The van der Waals surface area contributed by atoms with Crippen molar-refractivity contribution in [2.45, 2.75) is 44.7 Å². The normalized spacial score (nSPS) is 15.8. The van der Waals surface area contributed by atoms with Gasteiger partial charge in [-0.05, 0) is 37.0 Å². The Morgan fingerprint density at radius 2 is 1.86 bits per heavy atom. The fourth-order valence-corrected chi connectivity index (χ4v) is 3.05. The molecule has 0 heterocycles. The molecule has 0 aliphatic heterocycles. The molecule has 1 saturated carbocycles. The van der Waals surface area contributed by atoms with Gasteiger partial charge in [-0.15, -0.1) is 0 Å². The third-order valence-electron chi connectivity index (χ3n) is 4.25. The van der Waals surface area contributed by atoms with Crippen molar-refractivity contribution in [2.75, 3.05) is 26.3 Å². The first kappa shape index (κ1) is 16.3. The molecular formula is C17H28N2O2. The summed E-state index contributed by atoms with van der Waals surface area (Å²) in [5.74, 6) is 0.904. The van der Waals surface area contributed by atoms with Crippen LogP contribution in [0.1, 0.15) is 37.7 Å². The highest BCUT2D eigenvalue weighted by molar-refractivity contribution is 5.26. The summed E-state index contributed by atoms with van der Waals surface area (Å²) in [4.78, 5) is 2.42. The minimum Gasteiger partial charge on any atom is -0.494 e. The van der Waals surface area contributed by atoms with Crippen molar-refractivity contribution in [3.63, 3.8) is 0 Å². The lowest BCUT2D eigenvalue weighted by Gasteiger charge is -2.28. The maximum atomic E-state index is 9.20. The van der Waals surface area contributed by atoms with Crippen molar-refractivity contribution in [2.24, 2.45) is 5.73 Å². The lowest BCUT2D eigenvalue weighted by Crippen LogP contribution is -2.36. The molecule has 1 aromatic rings. The van der Waals surface area contributed by atoms with Crippen LogP contribution in [0.15, 0.2) is 24.3 Å². The first-order chi connectivity index (χ1) is 10.3. The zero-order valence-corrected chi connectivity index (χ0v) is 12.8. The third-order valence-corrected chi connectivity index (χ3v) is 4.25. The van der Waals surface area contributed by atoms with E-state index in [2.05, 4.69) is 4.90 Å². The van der Waals surface area contributed by atoms with E-state index in [1.54, 1.807) is 0 Å². The van der Waals surface area contributed by atoms with Gasteiger partial charge in [0.25, 0.3) is 0 Å². The van der Waals surface area contributed by atoms with Crippen LogP contribution in [0, 0.1) is 0 Å². The van der Waals surface area contributed by atoms with Gasteiger partial charge in [0.2, 0.25) is 0 Å². The van der Waals surface area contributed by atoms with E-state index < -0.39 is 0 Å². The van der Waals surface area contributed by atoms with Crippen molar-refractivity contribution >= 4 is 0 Å². The van der Waals surface area contributed by atoms with Crippen molar-refractivity contribution in [3.05, 3.63) is 29.8 Å². The second kappa shape index (κ2) is 9.03. The van der Waals surface area contributed by atoms with Crippen LogP contribution >= 0.6 is 0 Å². The van der Waals surface area contributed by atoms with Gasteiger partial charge in [0.15, 0.2) is 0 Å². The van der Waals surface area contributed by atoms with Gasteiger partial charge >= 0.3 is 0 Å². The molecular weight excluding hydrogens is 264 g/mol. The highest BCUT2D eigenvalue weighted by Crippen LogP contribution is 2.23. The number of rotatable bonds is 9. The molecule has 21 heavy (non-hydrogen) atoms. The van der Waals surface area contributed by atoms with Crippen LogP contribution in [0.3, 0.4) is 0 Å². The van der Waals surface area contributed by atoms with Crippen LogP contribution in [0.25, 0.3) is 0 Å². The Morgan fingerprint density at radius 1 is 1.14 bits per heavy atom. The summed E-state index contributed by atoms with van der Waals surface area (Å²) in [5.41, 5.74) is 6.70. The van der Waals surface area contributed by atoms with Gasteiger partial charge in [-0.25, -0.2) is 0 Å². The molecule has 118 valence electrons. The Hall–Kier alpha value is -1.10. The summed E-state index contributed by atoms with van der Waals surface area (Å²) in [7, 11) is 0. The van der Waals surface area contributed by atoms with Gasteiger partial charge < -0.3 is 15.6 Å². The molecule has 1 aliphatic carbocycles. The molecule has 0 amide bonds. The Balaban J connectivity index is 1.68. The largest absolute Gasteiger partial charge is 0.494 e. The maximum absolute atomic E-state index is 9.20. The molecule has 0 radical (unpaired) electrons. The zero-order chi connectivity index (χ0) is 14.9. The van der Waals surface area contributed by atoms with E-state index in [9.17, 15) is 5.11 Å². The topological polar surface area (TPSA) is 58.7 Å². The number of nitrogens with two attached hydrogens (primary N) is 1. The SMILES string of the molecule is NCc1ccc(OCCCN(CCO)C2CCCC2)cc1. The predicted octanol–water partition coefficient (Wildman–Crippen LogP) is 2.15. The second-order valence-corrected chi connectivity index (χ2v) is 5.75. The monoisotopic (exact) mass is 292 g/mol. The van der Waals surface area contributed by atoms with Crippen molar-refractivity contribution in [1.29, 1.82) is 0 Å². The number of benzene rings is 1. The summed E-state index contributed by atoms with van der Waals surface area (Å²) < 4.78 is 5.77. The van der Waals surface area contributed by atoms with Gasteiger partial charge in [0.1, 0.15) is 5.75 Å². The highest BCUT2D eigenvalue weighted by Gasteiger charge is 2.21. The van der Waals surface area contributed by atoms with Crippen LogP contribution in [-0.2, 0) is 6.54 Å². The maximum Gasteiger partial charge on any atom is 0.119 e. The molecule has 0 bridgehead atoms. The zero-order valence-electron chi connectivity index (χ0n) is 12.8. The Morgan fingerprint density at radius 3 is 2.48 bits per heavy atom. The highest BCUT2D eigenvalue weighted by atomic mass is 16.5. The minimum atomic E-state index is 0.248. The van der Waals surface area contributed by atoms with E-state index in [1.807, 2.05) is 24.3 Å². The van der Waals surface area contributed by atoms with Gasteiger partial charge in [-0.2, -0.15) is 0 Å². The quantitative estimate of drug-likeness (QED) is 0.685. The number of nitrogens with zero attached hydrogens (tertiary/aromatic N) is 1. The van der Waals surface area contributed by atoms with E-state index in [0.29, 0.717) is 12.6 Å². The van der Waals surface area contributed by atoms with Crippen molar-refractivity contribution < 1.29 is 9.84 Å². The average molecular weight is 292 g/mol. The molecule has 1 fully saturated rings. The molecule has 3 N–H and O–H groups in total. The first-order valence-electron chi connectivity index (χ1n) is 8.10. The van der Waals surface area contributed by atoms with Crippen molar-refractivity contribution in [3.8, 4) is 5.75 Å². The number of hydrogen-bond donors (Lipinski definition) is 2. The van der Waals surface area contributed by atoms with Gasteiger partial charge in [-0.3, -0.25) is 4.90 Å². The number of aliphatic hydroxyl groups excluding tert-OH is 1. The van der Waals surface area contributed by atoms with Crippen LogP contribution in [-0.4, -0.2) is 42.4 Å². The van der Waals surface area contributed by atoms with E-state index in [4.69, 9.17) is 10.5 Å². The summed E-state index contributed by atoms with van der Waals surface area (Å²) in [6.07, 6.45) is 6.21. The third kappa shape index (κ3) is 5.30. The average Bonchev–Trinajstić information content (AvgIpc) is 3.05. The van der Waals surface area contributed by atoms with E-state index in [-0.39, 0.29) is 6.61 Å². The standard InChI is InChI=1S/C17H28N2O2/c18-14-15-6-8-17(9-7-15)21-13-3-10-19(11-12-20)16-4-1-2-5-16/h6-9,16,20H,1-5,10-14,18H2. The summed E-state index contributed by atoms with van der Waals surface area (Å²) >= 11 is 0. The van der Waals surface area contributed by atoms with Gasteiger partial charge in [0, 0.05) is 25.7 Å². The van der Waals surface area contributed by atoms with Gasteiger partial charge in [0.05, 0.1) is 13.2 Å². The molecule has 0 saturated heterocycles. The Bertz CT molecular complexity index is 388.